The summed E-state index contributed by atoms with van der Waals surface area (Å²) in [5, 5.41) is 0. The molecule has 0 aromatic heterocycles. The van der Waals surface area contributed by atoms with Gasteiger partial charge in [-0.05, 0) is 19.3 Å². The van der Waals surface area contributed by atoms with E-state index in [4.69, 9.17) is 5.73 Å². The van der Waals surface area contributed by atoms with Gasteiger partial charge in [-0.25, -0.2) is 0 Å². The third-order valence-electron chi connectivity index (χ3n) is 3.01. The molecule has 1 saturated heterocycles. The van der Waals surface area contributed by atoms with Crippen LogP contribution in [-0.2, 0) is 4.79 Å². The van der Waals surface area contributed by atoms with Crippen molar-refractivity contribution in [2.75, 3.05) is 6.54 Å². The van der Waals surface area contributed by atoms with Gasteiger partial charge in [0.25, 0.3) is 0 Å². The van der Waals surface area contributed by atoms with Gasteiger partial charge in [0.05, 0.1) is 6.04 Å². The first kappa shape index (κ1) is 9.76. The molecule has 2 aliphatic rings. The predicted molar refractivity (Wildman–Crippen MR) is 42.3 cm³/mol. The van der Waals surface area contributed by atoms with E-state index in [1.807, 2.05) is 0 Å². The van der Waals surface area contributed by atoms with E-state index < -0.39 is 23.7 Å². The summed E-state index contributed by atoms with van der Waals surface area (Å²) in [5.41, 5.74) is 3.50. The predicted octanol–water partition coefficient (Wildman–Crippen LogP) is 0.641. The first-order chi connectivity index (χ1) is 6.38. The highest BCUT2D eigenvalue weighted by molar-refractivity contribution is 5.85. The van der Waals surface area contributed by atoms with Crippen LogP contribution in [0.3, 0.4) is 0 Å². The van der Waals surface area contributed by atoms with E-state index in [0.29, 0.717) is 6.42 Å². The van der Waals surface area contributed by atoms with Crippen LogP contribution in [0.2, 0.25) is 0 Å². The van der Waals surface area contributed by atoms with E-state index >= 15 is 0 Å². The van der Waals surface area contributed by atoms with Crippen LogP contribution < -0.4 is 5.73 Å². The van der Waals surface area contributed by atoms with Crippen molar-refractivity contribution in [2.24, 2.45) is 5.73 Å². The highest BCUT2D eigenvalue weighted by Crippen LogP contribution is 2.54. The molecule has 3 nitrogen and oxygen atoms in total. The van der Waals surface area contributed by atoms with Gasteiger partial charge in [-0.1, -0.05) is 0 Å². The Hall–Kier alpha value is -0.780. The summed E-state index contributed by atoms with van der Waals surface area (Å²) in [4.78, 5) is 12.3. The number of carbonyl (C=O) groups excluding carboxylic acids is 1. The van der Waals surface area contributed by atoms with Crippen molar-refractivity contribution in [1.82, 2.24) is 4.90 Å². The van der Waals surface area contributed by atoms with Gasteiger partial charge in [-0.2, -0.15) is 13.2 Å². The first-order valence-corrected chi connectivity index (χ1v) is 4.52. The third-order valence-corrected chi connectivity index (χ3v) is 3.01. The summed E-state index contributed by atoms with van der Waals surface area (Å²) < 4.78 is 37.8. The quantitative estimate of drug-likeness (QED) is 0.687. The maximum atomic E-state index is 12.6. The Balaban J connectivity index is 2.21. The lowest BCUT2D eigenvalue weighted by molar-refractivity contribution is -0.197. The summed E-state index contributed by atoms with van der Waals surface area (Å²) in [7, 11) is 0. The number of hydrogen-bond donors (Lipinski definition) is 1. The van der Waals surface area contributed by atoms with Crippen LogP contribution in [0.15, 0.2) is 0 Å². The normalized spacial score (nSPS) is 31.0. The molecule has 1 aliphatic carbocycles. The van der Waals surface area contributed by atoms with Crippen molar-refractivity contribution in [3.05, 3.63) is 0 Å². The van der Waals surface area contributed by atoms with E-state index in [1.165, 1.54) is 0 Å². The van der Waals surface area contributed by atoms with Crippen LogP contribution in [0.25, 0.3) is 0 Å². The lowest BCUT2D eigenvalue weighted by atomic mass is 10.2. The van der Waals surface area contributed by atoms with Crippen molar-refractivity contribution >= 4 is 5.91 Å². The van der Waals surface area contributed by atoms with Gasteiger partial charge in [0, 0.05) is 6.54 Å². The maximum Gasteiger partial charge on any atom is 0.411 e. The molecule has 0 aromatic rings. The molecule has 1 saturated carbocycles. The van der Waals surface area contributed by atoms with Crippen molar-refractivity contribution in [3.8, 4) is 0 Å². The van der Waals surface area contributed by atoms with Crippen molar-refractivity contribution < 1.29 is 18.0 Å². The van der Waals surface area contributed by atoms with Gasteiger partial charge < -0.3 is 10.6 Å². The number of likely N-dealkylation sites (tertiary alicyclic amines) is 1. The minimum absolute atomic E-state index is 0.0228. The van der Waals surface area contributed by atoms with Gasteiger partial charge in [0.2, 0.25) is 5.91 Å². The highest BCUT2D eigenvalue weighted by Gasteiger charge is 2.68. The Morgan fingerprint density at radius 3 is 2.29 bits per heavy atom. The second-order valence-electron chi connectivity index (χ2n) is 3.91. The zero-order valence-electron chi connectivity index (χ0n) is 7.47. The van der Waals surface area contributed by atoms with Crippen LogP contribution in [-0.4, -0.2) is 35.1 Å². The molecule has 14 heavy (non-hydrogen) atoms. The van der Waals surface area contributed by atoms with Crippen LogP contribution in [0, 0.1) is 0 Å². The standard InChI is InChI=1S/C8H11F3N2O/c9-8(10,11)7(2-3-7)13-4-1-5(12)6(13)14/h5H,1-4,12H2. The van der Waals surface area contributed by atoms with Crippen LogP contribution >= 0.6 is 0 Å². The summed E-state index contributed by atoms with van der Waals surface area (Å²) >= 11 is 0. The number of amides is 1. The Kier molecular flexibility index (Phi) is 1.83. The molecule has 0 bridgehead atoms. The highest BCUT2D eigenvalue weighted by atomic mass is 19.4. The molecule has 1 heterocycles. The van der Waals surface area contributed by atoms with Gasteiger partial charge in [-0.15, -0.1) is 0 Å². The first-order valence-electron chi connectivity index (χ1n) is 4.52. The fourth-order valence-electron chi connectivity index (χ4n) is 1.95. The molecular formula is C8H11F3N2O. The number of nitrogens with zero attached hydrogens (tertiary/aromatic N) is 1. The Labute approximate surface area is 79.0 Å². The molecule has 80 valence electrons. The average molecular weight is 208 g/mol. The van der Waals surface area contributed by atoms with Crippen molar-refractivity contribution in [2.45, 2.75) is 37.0 Å². The van der Waals surface area contributed by atoms with E-state index in [2.05, 4.69) is 0 Å². The third kappa shape index (κ3) is 1.13. The summed E-state index contributed by atoms with van der Waals surface area (Å²) in [6, 6.07) is -0.741. The van der Waals surface area contributed by atoms with Gasteiger partial charge in [0.1, 0.15) is 5.54 Å². The lowest BCUT2D eigenvalue weighted by Crippen LogP contribution is -2.50. The molecule has 2 rings (SSSR count). The minimum Gasteiger partial charge on any atom is -0.326 e. The van der Waals surface area contributed by atoms with Crippen LogP contribution in [0.5, 0.6) is 0 Å². The molecule has 1 unspecified atom stereocenters. The van der Waals surface area contributed by atoms with Gasteiger partial charge >= 0.3 is 6.18 Å². The molecule has 2 fully saturated rings. The smallest absolute Gasteiger partial charge is 0.326 e. The van der Waals surface area contributed by atoms with Gasteiger partial charge in [-0.3, -0.25) is 4.79 Å². The Morgan fingerprint density at radius 1 is 1.43 bits per heavy atom. The fourth-order valence-corrected chi connectivity index (χ4v) is 1.95. The summed E-state index contributed by atoms with van der Waals surface area (Å²) in [5.74, 6) is -0.556. The molecule has 0 aromatic carbocycles. The van der Waals surface area contributed by atoms with Crippen molar-refractivity contribution in [1.29, 1.82) is 0 Å². The van der Waals surface area contributed by atoms with E-state index in [9.17, 15) is 18.0 Å². The van der Waals surface area contributed by atoms with E-state index in [1.54, 1.807) is 0 Å². The van der Waals surface area contributed by atoms with Crippen LogP contribution in [0.1, 0.15) is 19.3 Å². The molecular weight excluding hydrogens is 197 g/mol. The van der Waals surface area contributed by atoms with Crippen LogP contribution in [0.4, 0.5) is 13.2 Å². The van der Waals surface area contributed by atoms with Gasteiger partial charge in [0.15, 0.2) is 0 Å². The molecule has 0 radical (unpaired) electrons. The maximum absolute atomic E-state index is 12.6. The number of nitrogens with two attached hydrogens (primary N) is 1. The van der Waals surface area contributed by atoms with E-state index in [-0.39, 0.29) is 19.4 Å². The monoisotopic (exact) mass is 208 g/mol. The summed E-state index contributed by atoms with van der Waals surface area (Å²) in [6.45, 7) is 0.138. The zero-order valence-corrected chi connectivity index (χ0v) is 7.47. The fraction of sp³-hybridized carbons (Fsp3) is 0.875. The largest absolute Gasteiger partial charge is 0.411 e. The number of halogens is 3. The second kappa shape index (κ2) is 2.62. The molecule has 0 spiro atoms. The number of carbonyl (C=O) groups is 1. The number of rotatable bonds is 1. The topological polar surface area (TPSA) is 46.3 Å². The molecule has 6 heteroatoms. The molecule has 1 aliphatic heterocycles. The summed E-state index contributed by atoms with van der Waals surface area (Å²) in [6.07, 6.45) is -3.94. The Bertz CT molecular complexity index is 272. The second-order valence-corrected chi connectivity index (χ2v) is 3.91. The lowest BCUT2D eigenvalue weighted by Gasteiger charge is -2.29. The zero-order chi connectivity index (χ0) is 10.6. The average Bonchev–Trinajstić information content (AvgIpc) is 2.79. The Morgan fingerprint density at radius 2 is 2.00 bits per heavy atom. The number of alkyl halides is 3. The minimum atomic E-state index is -4.31. The molecule has 1 amide bonds. The molecule has 2 N–H and O–H groups in total. The molecule has 1 atom stereocenters. The number of hydrogen-bond acceptors (Lipinski definition) is 2. The SMILES string of the molecule is NC1CCN(C2(C(F)(F)F)CC2)C1=O. The van der Waals surface area contributed by atoms with E-state index in [0.717, 1.165) is 4.90 Å². The van der Waals surface area contributed by atoms with Crippen molar-refractivity contribution in [3.63, 3.8) is 0 Å².